The molecular weight excluding hydrogens is 522 g/mol. The Labute approximate surface area is 239 Å². The van der Waals surface area contributed by atoms with E-state index in [1.54, 1.807) is 35.4 Å². The van der Waals surface area contributed by atoms with E-state index in [4.69, 9.17) is 18.6 Å². The Bertz CT molecular complexity index is 1450. The van der Waals surface area contributed by atoms with Gasteiger partial charge < -0.3 is 33.8 Å². The lowest BCUT2D eigenvalue weighted by Gasteiger charge is -2.33. The monoisotopic (exact) mass is 559 g/mol. The van der Waals surface area contributed by atoms with Crippen LogP contribution in [0.3, 0.4) is 0 Å². The Morgan fingerprint density at radius 1 is 1.00 bits per heavy atom. The van der Waals surface area contributed by atoms with Crippen molar-refractivity contribution >= 4 is 22.7 Å². The fraction of sp³-hybridized carbons (Fsp3) is 0.375. The first-order valence-corrected chi connectivity index (χ1v) is 14.0. The number of carbonyl (C=O) groups excluding carboxylic acids is 2. The largest absolute Gasteiger partial charge is 0.493 e. The fourth-order valence-electron chi connectivity index (χ4n) is 5.70. The quantitative estimate of drug-likeness (QED) is 0.250. The van der Waals surface area contributed by atoms with Gasteiger partial charge in [0.2, 0.25) is 17.6 Å². The number of methoxy groups -OCH3 is 3. The minimum atomic E-state index is -0.978. The molecule has 0 spiro atoms. The van der Waals surface area contributed by atoms with E-state index in [0.717, 1.165) is 48.6 Å². The summed E-state index contributed by atoms with van der Waals surface area (Å²) in [7, 11) is 4.59. The van der Waals surface area contributed by atoms with Crippen LogP contribution < -0.4 is 19.5 Å². The van der Waals surface area contributed by atoms with E-state index in [0.29, 0.717) is 28.6 Å². The van der Waals surface area contributed by atoms with Crippen molar-refractivity contribution in [3.8, 4) is 17.2 Å². The molecule has 9 heteroatoms. The first-order chi connectivity index (χ1) is 20.0. The van der Waals surface area contributed by atoms with E-state index in [1.165, 1.54) is 21.3 Å². The molecule has 1 atom stereocenters. The van der Waals surface area contributed by atoms with Crippen LogP contribution in [-0.4, -0.2) is 49.1 Å². The van der Waals surface area contributed by atoms with Crippen molar-refractivity contribution < 1.29 is 28.2 Å². The maximum atomic E-state index is 14.2. The summed E-state index contributed by atoms with van der Waals surface area (Å²) >= 11 is 0. The van der Waals surface area contributed by atoms with Gasteiger partial charge in [-0.3, -0.25) is 9.59 Å². The molecule has 1 fully saturated rings. The SMILES string of the molecule is COc1cc([C@H](C(=O)NC2CCCCC2)N(Cc2ccco2)C(=O)Cc2c[nH]c3ccccc23)cc(OC)c1OC. The van der Waals surface area contributed by atoms with Gasteiger partial charge in [-0.25, -0.2) is 0 Å². The molecule has 2 aromatic heterocycles. The molecule has 0 radical (unpaired) electrons. The van der Waals surface area contributed by atoms with Crippen LogP contribution in [0, 0.1) is 0 Å². The summed E-state index contributed by atoms with van der Waals surface area (Å²) < 4.78 is 22.4. The van der Waals surface area contributed by atoms with Gasteiger partial charge in [0.25, 0.3) is 0 Å². The summed E-state index contributed by atoms with van der Waals surface area (Å²) in [5.74, 6) is 1.31. The van der Waals surface area contributed by atoms with Crippen molar-refractivity contribution in [3.63, 3.8) is 0 Å². The number of para-hydroxylation sites is 1. The normalized spacial score (nSPS) is 14.4. The summed E-state index contributed by atoms with van der Waals surface area (Å²) in [6.45, 7) is 0.105. The average molecular weight is 560 g/mol. The number of aromatic nitrogens is 1. The number of furan rings is 1. The molecule has 1 saturated carbocycles. The molecule has 1 aliphatic rings. The molecule has 0 unspecified atom stereocenters. The molecule has 0 aliphatic heterocycles. The van der Waals surface area contributed by atoms with E-state index in [1.807, 2.05) is 30.5 Å². The highest BCUT2D eigenvalue weighted by atomic mass is 16.5. The van der Waals surface area contributed by atoms with E-state index < -0.39 is 6.04 Å². The van der Waals surface area contributed by atoms with Crippen LogP contribution in [0.25, 0.3) is 10.9 Å². The summed E-state index contributed by atoms with van der Waals surface area (Å²) in [5, 5.41) is 4.21. The van der Waals surface area contributed by atoms with Gasteiger partial charge in [-0.1, -0.05) is 37.5 Å². The number of nitrogens with one attached hydrogen (secondary N) is 2. The highest BCUT2D eigenvalue weighted by Gasteiger charge is 2.35. The zero-order valence-electron chi connectivity index (χ0n) is 23.8. The second-order valence-electron chi connectivity index (χ2n) is 10.3. The van der Waals surface area contributed by atoms with E-state index in [9.17, 15) is 9.59 Å². The first-order valence-electron chi connectivity index (χ1n) is 14.0. The maximum Gasteiger partial charge on any atom is 0.247 e. The van der Waals surface area contributed by atoms with Crippen molar-refractivity contribution in [3.05, 3.63) is 77.9 Å². The molecule has 2 N–H and O–H groups in total. The predicted molar refractivity (Wildman–Crippen MR) is 155 cm³/mol. The van der Waals surface area contributed by atoms with Crippen LogP contribution >= 0.6 is 0 Å². The summed E-state index contributed by atoms with van der Waals surface area (Å²) in [4.78, 5) is 33.3. The van der Waals surface area contributed by atoms with Gasteiger partial charge in [0.1, 0.15) is 11.8 Å². The van der Waals surface area contributed by atoms with Crippen LogP contribution in [0.5, 0.6) is 17.2 Å². The lowest BCUT2D eigenvalue weighted by molar-refractivity contribution is -0.141. The Hall–Kier alpha value is -4.40. The molecule has 9 nitrogen and oxygen atoms in total. The maximum absolute atomic E-state index is 14.2. The molecule has 2 amide bonds. The third-order valence-electron chi connectivity index (χ3n) is 7.76. The number of fused-ring (bicyclic) bond motifs is 1. The van der Waals surface area contributed by atoms with Gasteiger partial charge in [-0.15, -0.1) is 0 Å². The number of hydrogen-bond donors (Lipinski definition) is 2. The number of amides is 2. The van der Waals surface area contributed by atoms with Crippen LogP contribution in [0.2, 0.25) is 0 Å². The number of ether oxygens (including phenoxy) is 3. The first kappa shape index (κ1) is 28.1. The molecule has 216 valence electrons. The third-order valence-corrected chi connectivity index (χ3v) is 7.76. The lowest BCUT2D eigenvalue weighted by Crippen LogP contribution is -2.47. The van der Waals surface area contributed by atoms with Gasteiger partial charge in [-0.2, -0.15) is 0 Å². The van der Waals surface area contributed by atoms with Crippen molar-refractivity contribution in [1.29, 1.82) is 0 Å². The Balaban J connectivity index is 1.58. The number of carbonyl (C=O) groups is 2. The number of rotatable bonds is 11. The zero-order valence-corrected chi connectivity index (χ0v) is 23.8. The van der Waals surface area contributed by atoms with Gasteiger partial charge in [0.15, 0.2) is 11.5 Å². The molecular formula is C32H37N3O6. The highest BCUT2D eigenvalue weighted by Crippen LogP contribution is 2.41. The van der Waals surface area contributed by atoms with Crippen LogP contribution in [0.15, 0.2) is 65.4 Å². The molecule has 4 aromatic rings. The minimum absolute atomic E-state index is 0.0509. The molecule has 2 heterocycles. The molecule has 2 aromatic carbocycles. The smallest absolute Gasteiger partial charge is 0.247 e. The zero-order chi connectivity index (χ0) is 28.8. The van der Waals surface area contributed by atoms with Crippen LogP contribution in [-0.2, 0) is 22.6 Å². The van der Waals surface area contributed by atoms with Crippen LogP contribution in [0.1, 0.15) is 55.0 Å². The van der Waals surface area contributed by atoms with Crippen molar-refractivity contribution in [2.45, 2.75) is 57.2 Å². The summed E-state index contributed by atoms with van der Waals surface area (Å²) in [6.07, 6.45) is 8.63. The van der Waals surface area contributed by atoms with Gasteiger partial charge in [-0.05, 0) is 54.3 Å². The third kappa shape index (κ3) is 6.19. The lowest BCUT2D eigenvalue weighted by atomic mass is 9.94. The number of H-pyrrole nitrogens is 1. The molecule has 0 bridgehead atoms. The van der Waals surface area contributed by atoms with E-state index in [2.05, 4.69) is 10.3 Å². The summed E-state index contributed by atoms with van der Waals surface area (Å²) in [6, 6.07) is 14.0. The Morgan fingerprint density at radius 2 is 1.73 bits per heavy atom. The van der Waals surface area contributed by atoms with Gasteiger partial charge >= 0.3 is 0 Å². The molecule has 1 aliphatic carbocycles. The number of aromatic amines is 1. The topological polar surface area (TPSA) is 106 Å². The van der Waals surface area contributed by atoms with Gasteiger partial charge in [0, 0.05) is 23.1 Å². The predicted octanol–water partition coefficient (Wildman–Crippen LogP) is 5.55. The Morgan fingerprint density at radius 3 is 2.39 bits per heavy atom. The van der Waals surface area contributed by atoms with E-state index >= 15 is 0 Å². The Kier molecular flexibility index (Phi) is 8.82. The van der Waals surface area contributed by atoms with Crippen molar-refractivity contribution in [2.24, 2.45) is 0 Å². The van der Waals surface area contributed by atoms with Crippen molar-refractivity contribution in [1.82, 2.24) is 15.2 Å². The second-order valence-corrected chi connectivity index (χ2v) is 10.3. The standard InChI is InChI=1S/C32H37N3O6/c1-38-27-16-21(17-28(39-2)31(27)40-3)30(32(37)34-23-10-5-4-6-11-23)35(20-24-12-9-15-41-24)29(36)18-22-19-33-26-14-8-7-13-25(22)26/h7-9,12-17,19,23,30,33H,4-6,10-11,18,20H2,1-3H3,(H,34,37)/t30-/m1/s1. The second kappa shape index (κ2) is 12.8. The average Bonchev–Trinajstić information content (AvgIpc) is 3.67. The van der Waals surface area contributed by atoms with Gasteiger partial charge in [0.05, 0.1) is 40.6 Å². The van der Waals surface area contributed by atoms with E-state index in [-0.39, 0.29) is 30.8 Å². The number of benzene rings is 2. The molecule has 0 saturated heterocycles. The number of hydrogen-bond acceptors (Lipinski definition) is 6. The summed E-state index contributed by atoms with van der Waals surface area (Å²) in [5.41, 5.74) is 2.35. The number of nitrogens with zero attached hydrogens (tertiary/aromatic N) is 1. The minimum Gasteiger partial charge on any atom is -0.493 e. The fourth-order valence-corrected chi connectivity index (χ4v) is 5.70. The highest BCUT2D eigenvalue weighted by molar-refractivity contribution is 5.92. The molecule has 5 rings (SSSR count). The van der Waals surface area contributed by atoms with Crippen LogP contribution in [0.4, 0.5) is 0 Å². The van der Waals surface area contributed by atoms with Crippen molar-refractivity contribution in [2.75, 3.05) is 21.3 Å². The molecule has 41 heavy (non-hydrogen) atoms.